The van der Waals surface area contributed by atoms with Crippen LogP contribution in [-0.2, 0) is 0 Å². The summed E-state index contributed by atoms with van der Waals surface area (Å²) in [5.41, 5.74) is 1.72. The standard InChI is InChI=1S/C16H32N2/c1-6-14(3)13-15(17-7-2)16(18(4)5)11-9-8-10-12-16/h15,17H,3,6-13H2,1-2,4-5H3. The fourth-order valence-electron chi connectivity index (χ4n) is 3.40. The molecule has 0 spiro atoms. The van der Waals surface area contributed by atoms with E-state index in [9.17, 15) is 0 Å². The zero-order chi connectivity index (χ0) is 13.6. The second kappa shape index (κ2) is 7.30. The molecule has 0 radical (unpaired) electrons. The van der Waals surface area contributed by atoms with E-state index in [1.165, 1.54) is 37.7 Å². The second-order valence-corrected chi connectivity index (χ2v) is 5.98. The van der Waals surface area contributed by atoms with Crippen LogP contribution in [0.4, 0.5) is 0 Å². The average Bonchev–Trinajstić information content (AvgIpc) is 2.38. The van der Waals surface area contributed by atoms with E-state index >= 15 is 0 Å². The number of nitrogens with one attached hydrogen (secondary N) is 1. The van der Waals surface area contributed by atoms with Crippen LogP contribution in [0.2, 0.25) is 0 Å². The minimum Gasteiger partial charge on any atom is -0.312 e. The highest BCUT2D eigenvalue weighted by atomic mass is 15.2. The molecular weight excluding hydrogens is 220 g/mol. The summed E-state index contributed by atoms with van der Waals surface area (Å²) in [5, 5.41) is 3.74. The number of hydrogen-bond acceptors (Lipinski definition) is 2. The first-order valence-corrected chi connectivity index (χ1v) is 7.64. The van der Waals surface area contributed by atoms with Crippen molar-refractivity contribution in [1.82, 2.24) is 10.2 Å². The number of rotatable bonds is 7. The smallest absolute Gasteiger partial charge is 0.0359 e. The van der Waals surface area contributed by atoms with Gasteiger partial charge in [-0.2, -0.15) is 0 Å². The molecule has 1 saturated carbocycles. The van der Waals surface area contributed by atoms with E-state index in [4.69, 9.17) is 0 Å². The predicted octanol–water partition coefficient (Wildman–Crippen LogP) is 3.59. The van der Waals surface area contributed by atoms with Gasteiger partial charge in [0.05, 0.1) is 0 Å². The van der Waals surface area contributed by atoms with E-state index in [1.54, 1.807) is 0 Å². The van der Waals surface area contributed by atoms with E-state index < -0.39 is 0 Å². The Hall–Kier alpha value is -0.340. The molecule has 1 unspecified atom stereocenters. The van der Waals surface area contributed by atoms with E-state index in [1.807, 2.05) is 0 Å². The summed E-state index contributed by atoms with van der Waals surface area (Å²) < 4.78 is 0. The molecule has 0 heterocycles. The van der Waals surface area contributed by atoms with Crippen LogP contribution in [0.15, 0.2) is 12.2 Å². The van der Waals surface area contributed by atoms with Crippen molar-refractivity contribution in [2.45, 2.75) is 70.4 Å². The lowest BCUT2D eigenvalue weighted by atomic mass is 9.73. The van der Waals surface area contributed by atoms with Crippen LogP contribution in [0.5, 0.6) is 0 Å². The molecule has 18 heavy (non-hydrogen) atoms. The summed E-state index contributed by atoms with van der Waals surface area (Å²) in [7, 11) is 4.51. The first-order chi connectivity index (χ1) is 8.56. The zero-order valence-electron chi connectivity index (χ0n) is 12.9. The summed E-state index contributed by atoms with van der Waals surface area (Å²) in [5.74, 6) is 0. The molecule has 2 nitrogen and oxygen atoms in total. The van der Waals surface area contributed by atoms with Gasteiger partial charge in [-0.15, -0.1) is 0 Å². The Balaban J connectivity index is 2.86. The first-order valence-electron chi connectivity index (χ1n) is 7.64. The van der Waals surface area contributed by atoms with Gasteiger partial charge in [-0.05, 0) is 46.3 Å². The average molecular weight is 252 g/mol. The Morgan fingerprint density at radius 3 is 2.28 bits per heavy atom. The highest BCUT2D eigenvalue weighted by molar-refractivity contribution is 5.07. The van der Waals surface area contributed by atoms with Gasteiger partial charge in [-0.3, -0.25) is 0 Å². The Morgan fingerprint density at radius 2 is 1.83 bits per heavy atom. The molecule has 1 aliphatic carbocycles. The lowest BCUT2D eigenvalue weighted by Crippen LogP contribution is -2.60. The molecule has 1 fully saturated rings. The fourth-order valence-corrected chi connectivity index (χ4v) is 3.40. The molecule has 0 aromatic rings. The van der Waals surface area contributed by atoms with Crippen molar-refractivity contribution in [2.24, 2.45) is 0 Å². The summed E-state index contributed by atoms with van der Waals surface area (Å²) in [6.07, 6.45) is 9.04. The Bertz CT molecular complexity index is 252. The van der Waals surface area contributed by atoms with Gasteiger partial charge in [-0.1, -0.05) is 45.3 Å². The first kappa shape index (κ1) is 15.7. The molecule has 0 aromatic carbocycles. The second-order valence-electron chi connectivity index (χ2n) is 5.98. The topological polar surface area (TPSA) is 15.3 Å². The van der Waals surface area contributed by atoms with Gasteiger partial charge in [0.25, 0.3) is 0 Å². The van der Waals surface area contributed by atoms with Gasteiger partial charge < -0.3 is 10.2 Å². The lowest BCUT2D eigenvalue weighted by molar-refractivity contribution is 0.0573. The van der Waals surface area contributed by atoms with E-state index in [0.717, 1.165) is 19.4 Å². The maximum Gasteiger partial charge on any atom is 0.0359 e. The van der Waals surface area contributed by atoms with Crippen LogP contribution in [0.3, 0.4) is 0 Å². The largest absolute Gasteiger partial charge is 0.312 e. The van der Waals surface area contributed by atoms with Crippen molar-refractivity contribution < 1.29 is 0 Å². The summed E-state index contributed by atoms with van der Waals surface area (Å²) >= 11 is 0. The molecule has 0 saturated heterocycles. The monoisotopic (exact) mass is 252 g/mol. The Labute approximate surface area is 114 Å². The molecule has 0 aromatic heterocycles. The van der Waals surface area contributed by atoms with Crippen molar-refractivity contribution in [3.63, 3.8) is 0 Å². The summed E-state index contributed by atoms with van der Waals surface area (Å²) in [6, 6.07) is 0.560. The van der Waals surface area contributed by atoms with Gasteiger partial charge in [0.15, 0.2) is 0 Å². The van der Waals surface area contributed by atoms with E-state index in [-0.39, 0.29) is 0 Å². The summed E-state index contributed by atoms with van der Waals surface area (Å²) in [4.78, 5) is 2.47. The Morgan fingerprint density at radius 1 is 1.22 bits per heavy atom. The molecule has 1 atom stereocenters. The van der Waals surface area contributed by atoms with Gasteiger partial charge in [0.1, 0.15) is 0 Å². The maximum absolute atomic E-state index is 4.22. The number of likely N-dealkylation sites (N-methyl/N-ethyl adjacent to an activating group) is 2. The van der Waals surface area contributed by atoms with E-state index in [2.05, 4.69) is 44.7 Å². The van der Waals surface area contributed by atoms with Crippen molar-refractivity contribution in [2.75, 3.05) is 20.6 Å². The predicted molar refractivity (Wildman–Crippen MR) is 81.0 cm³/mol. The maximum atomic E-state index is 4.22. The quantitative estimate of drug-likeness (QED) is 0.697. The van der Waals surface area contributed by atoms with Gasteiger partial charge in [0, 0.05) is 11.6 Å². The molecule has 1 rings (SSSR count). The van der Waals surface area contributed by atoms with Crippen LogP contribution in [0.1, 0.15) is 58.8 Å². The fraction of sp³-hybridized carbons (Fsp3) is 0.875. The van der Waals surface area contributed by atoms with Crippen LogP contribution in [0, 0.1) is 0 Å². The third-order valence-electron chi connectivity index (χ3n) is 4.70. The molecule has 106 valence electrons. The highest BCUT2D eigenvalue weighted by Crippen LogP contribution is 2.37. The third kappa shape index (κ3) is 3.58. The normalized spacial score (nSPS) is 20.9. The van der Waals surface area contributed by atoms with Crippen LogP contribution < -0.4 is 5.32 Å². The molecule has 2 heteroatoms. The van der Waals surface area contributed by atoms with Crippen molar-refractivity contribution in [3.8, 4) is 0 Å². The molecule has 0 amide bonds. The lowest BCUT2D eigenvalue weighted by Gasteiger charge is -2.49. The minimum atomic E-state index is 0.340. The van der Waals surface area contributed by atoms with Crippen LogP contribution >= 0.6 is 0 Å². The molecule has 0 aliphatic heterocycles. The number of hydrogen-bond donors (Lipinski definition) is 1. The molecular formula is C16H32N2. The number of nitrogens with zero attached hydrogens (tertiary/aromatic N) is 1. The van der Waals surface area contributed by atoms with Crippen molar-refractivity contribution in [3.05, 3.63) is 12.2 Å². The van der Waals surface area contributed by atoms with Crippen molar-refractivity contribution in [1.29, 1.82) is 0 Å². The molecule has 1 N–H and O–H groups in total. The summed E-state index contributed by atoms with van der Waals surface area (Å²) in [6.45, 7) is 9.71. The third-order valence-corrected chi connectivity index (χ3v) is 4.70. The SMILES string of the molecule is C=C(CC)CC(NCC)C1(N(C)C)CCCCC1. The van der Waals surface area contributed by atoms with E-state index in [0.29, 0.717) is 11.6 Å². The van der Waals surface area contributed by atoms with Crippen LogP contribution in [0.25, 0.3) is 0 Å². The molecule has 0 bridgehead atoms. The highest BCUT2D eigenvalue weighted by Gasteiger charge is 2.41. The molecule has 1 aliphatic rings. The van der Waals surface area contributed by atoms with Gasteiger partial charge in [0.2, 0.25) is 0 Å². The zero-order valence-corrected chi connectivity index (χ0v) is 12.9. The van der Waals surface area contributed by atoms with Crippen molar-refractivity contribution >= 4 is 0 Å². The van der Waals surface area contributed by atoms with Gasteiger partial charge >= 0.3 is 0 Å². The minimum absolute atomic E-state index is 0.340. The van der Waals surface area contributed by atoms with Gasteiger partial charge in [-0.25, -0.2) is 0 Å². The van der Waals surface area contributed by atoms with Crippen LogP contribution in [-0.4, -0.2) is 37.1 Å². The Kier molecular flexibility index (Phi) is 6.37.